The van der Waals surface area contributed by atoms with Gasteiger partial charge >= 0.3 is 0 Å². The molecule has 76 valence electrons. The van der Waals surface area contributed by atoms with Crippen LogP contribution in [-0.4, -0.2) is 21.0 Å². The topological polar surface area (TPSA) is 34.1 Å². The molecule has 0 aromatic rings. The van der Waals surface area contributed by atoms with Crippen molar-refractivity contribution in [2.75, 3.05) is 5.75 Å². The zero-order chi connectivity index (χ0) is 9.84. The van der Waals surface area contributed by atoms with E-state index in [9.17, 15) is 9.00 Å². The van der Waals surface area contributed by atoms with E-state index < -0.39 is 10.8 Å². The standard InChI is InChI=1S/C10H18O2S/c1-8(2)13(12)7-6-9-4-3-5-10(9)11/h8-9H,3-7H2,1-2H3. The number of hydrogen-bond acceptors (Lipinski definition) is 2. The molecule has 0 saturated heterocycles. The van der Waals surface area contributed by atoms with E-state index in [4.69, 9.17) is 0 Å². The van der Waals surface area contributed by atoms with Gasteiger partial charge in [-0.3, -0.25) is 9.00 Å². The van der Waals surface area contributed by atoms with Crippen molar-refractivity contribution in [2.45, 2.75) is 44.8 Å². The van der Waals surface area contributed by atoms with Crippen LogP contribution < -0.4 is 0 Å². The second kappa shape index (κ2) is 4.89. The van der Waals surface area contributed by atoms with Crippen molar-refractivity contribution < 1.29 is 9.00 Å². The van der Waals surface area contributed by atoms with Crippen molar-refractivity contribution in [1.82, 2.24) is 0 Å². The molecule has 0 bridgehead atoms. The van der Waals surface area contributed by atoms with Gasteiger partial charge in [0.2, 0.25) is 0 Å². The summed E-state index contributed by atoms with van der Waals surface area (Å²) in [5, 5.41) is 0.233. The number of carbonyl (C=O) groups excluding carboxylic acids is 1. The van der Waals surface area contributed by atoms with E-state index in [2.05, 4.69) is 0 Å². The van der Waals surface area contributed by atoms with E-state index in [1.54, 1.807) is 0 Å². The van der Waals surface area contributed by atoms with Gasteiger partial charge < -0.3 is 0 Å². The average molecular weight is 202 g/mol. The summed E-state index contributed by atoms with van der Waals surface area (Å²) < 4.78 is 11.4. The van der Waals surface area contributed by atoms with E-state index in [1.807, 2.05) is 13.8 Å². The molecule has 3 heteroatoms. The van der Waals surface area contributed by atoms with Gasteiger partial charge in [-0.25, -0.2) is 0 Å². The minimum Gasteiger partial charge on any atom is -0.299 e. The lowest BCUT2D eigenvalue weighted by molar-refractivity contribution is -0.120. The molecule has 13 heavy (non-hydrogen) atoms. The molecular formula is C10H18O2S. The first-order valence-electron chi connectivity index (χ1n) is 5.01. The maximum atomic E-state index is 11.4. The number of rotatable bonds is 4. The summed E-state index contributed by atoms with van der Waals surface area (Å²) in [6.07, 6.45) is 3.65. The molecule has 1 aliphatic carbocycles. The minimum atomic E-state index is -0.735. The summed E-state index contributed by atoms with van der Waals surface area (Å²) in [6.45, 7) is 3.93. The highest BCUT2D eigenvalue weighted by Crippen LogP contribution is 2.24. The molecule has 0 aliphatic heterocycles. The second-order valence-electron chi connectivity index (χ2n) is 3.98. The van der Waals surface area contributed by atoms with Crippen molar-refractivity contribution in [3.05, 3.63) is 0 Å². The predicted octanol–water partition coefficient (Wildman–Crippen LogP) is 1.90. The molecule has 0 spiro atoms. The Balaban J connectivity index is 2.26. The number of ketones is 1. The first-order valence-corrected chi connectivity index (χ1v) is 6.39. The third-order valence-corrected chi connectivity index (χ3v) is 4.31. The van der Waals surface area contributed by atoms with E-state index in [0.717, 1.165) is 25.7 Å². The molecule has 1 fully saturated rings. The van der Waals surface area contributed by atoms with Gasteiger partial charge in [0.1, 0.15) is 5.78 Å². The zero-order valence-corrected chi connectivity index (χ0v) is 9.23. The highest BCUT2D eigenvalue weighted by Gasteiger charge is 2.24. The highest BCUT2D eigenvalue weighted by molar-refractivity contribution is 7.85. The van der Waals surface area contributed by atoms with Gasteiger partial charge in [0.15, 0.2) is 0 Å². The summed E-state index contributed by atoms with van der Waals surface area (Å²) in [6, 6.07) is 0. The molecular weight excluding hydrogens is 184 g/mol. The molecule has 0 heterocycles. The van der Waals surface area contributed by atoms with Crippen LogP contribution in [0.2, 0.25) is 0 Å². The molecule has 0 aromatic heterocycles. The SMILES string of the molecule is CC(C)S(=O)CCC1CCCC1=O. The summed E-state index contributed by atoms with van der Waals surface area (Å²) in [5.41, 5.74) is 0. The normalized spacial score (nSPS) is 25.5. The van der Waals surface area contributed by atoms with Gasteiger partial charge in [-0.15, -0.1) is 0 Å². The lowest BCUT2D eigenvalue weighted by Crippen LogP contribution is -2.15. The summed E-state index contributed by atoms with van der Waals surface area (Å²) in [7, 11) is -0.735. The summed E-state index contributed by atoms with van der Waals surface area (Å²) in [5.74, 6) is 1.32. The Morgan fingerprint density at radius 1 is 1.54 bits per heavy atom. The van der Waals surface area contributed by atoms with Crippen molar-refractivity contribution in [2.24, 2.45) is 5.92 Å². The fraction of sp³-hybridized carbons (Fsp3) is 0.900. The van der Waals surface area contributed by atoms with Crippen LogP contribution >= 0.6 is 0 Å². The number of Topliss-reactive ketones (excluding diaryl/α,β-unsaturated/α-hetero) is 1. The first-order chi connectivity index (χ1) is 6.11. The lowest BCUT2D eigenvalue weighted by atomic mass is 10.1. The van der Waals surface area contributed by atoms with Crippen molar-refractivity contribution in [3.8, 4) is 0 Å². The molecule has 1 saturated carbocycles. The van der Waals surface area contributed by atoms with Crippen molar-refractivity contribution >= 4 is 16.6 Å². The van der Waals surface area contributed by atoms with Crippen molar-refractivity contribution in [1.29, 1.82) is 0 Å². The summed E-state index contributed by atoms with van der Waals surface area (Å²) in [4.78, 5) is 11.3. The molecule has 2 unspecified atom stereocenters. The fourth-order valence-electron chi connectivity index (χ4n) is 1.69. The maximum absolute atomic E-state index is 11.4. The smallest absolute Gasteiger partial charge is 0.136 e. The Morgan fingerprint density at radius 2 is 2.23 bits per heavy atom. The van der Waals surface area contributed by atoms with Gasteiger partial charge in [-0.1, -0.05) is 13.8 Å². The van der Waals surface area contributed by atoms with Gasteiger partial charge in [0.25, 0.3) is 0 Å². The van der Waals surface area contributed by atoms with E-state index in [0.29, 0.717) is 11.5 Å². The Labute approximate surface area is 82.6 Å². The van der Waals surface area contributed by atoms with Gasteiger partial charge in [0, 0.05) is 34.1 Å². The zero-order valence-electron chi connectivity index (χ0n) is 8.41. The molecule has 0 N–H and O–H groups in total. The van der Waals surface area contributed by atoms with E-state index in [1.165, 1.54) is 0 Å². The minimum absolute atomic E-state index is 0.225. The Bertz CT molecular complexity index is 211. The van der Waals surface area contributed by atoms with Crippen LogP contribution in [0.1, 0.15) is 39.5 Å². The molecule has 1 aliphatic rings. The molecule has 1 rings (SSSR count). The lowest BCUT2D eigenvalue weighted by Gasteiger charge is -2.08. The van der Waals surface area contributed by atoms with Gasteiger partial charge in [-0.2, -0.15) is 0 Å². The molecule has 0 amide bonds. The van der Waals surface area contributed by atoms with Crippen LogP contribution in [0, 0.1) is 5.92 Å². The molecule has 2 nitrogen and oxygen atoms in total. The number of carbonyl (C=O) groups is 1. The van der Waals surface area contributed by atoms with E-state index >= 15 is 0 Å². The third-order valence-electron chi connectivity index (χ3n) is 2.62. The molecule has 0 radical (unpaired) electrons. The van der Waals surface area contributed by atoms with Crippen LogP contribution in [0.15, 0.2) is 0 Å². The van der Waals surface area contributed by atoms with Crippen molar-refractivity contribution in [3.63, 3.8) is 0 Å². The van der Waals surface area contributed by atoms with Crippen LogP contribution in [0.25, 0.3) is 0 Å². The molecule has 2 atom stereocenters. The van der Waals surface area contributed by atoms with Gasteiger partial charge in [0.05, 0.1) is 0 Å². The van der Waals surface area contributed by atoms with Gasteiger partial charge in [-0.05, 0) is 19.3 Å². The molecule has 0 aromatic carbocycles. The monoisotopic (exact) mass is 202 g/mol. The Kier molecular flexibility index (Phi) is 4.10. The van der Waals surface area contributed by atoms with Crippen LogP contribution in [0.3, 0.4) is 0 Å². The Hall–Kier alpha value is -0.180. The highest BCUT2D eigenvalue weighted by atomic mass is 32.2. The Morgan fingerprint density at radius 3 is 2.69 bits per heavy atom. The summed E-state index contributed by atoms with van der Waals surface area (Å²) >= 11 is 0. The second-order valence-corrected chi connectivity index (χ2v) is 6.09. The fourth-order valence-corrected chi connectivity index (χ4v) is 2.68. The van der Waals surface area contributed by atoms with E-state index in [-0.39, 0.29) is 11.2 Å². The van der Waals surface area contributed by atoms with Crippen LogP contribution in [-0.2, 0) is 15.6 Å². The third kappa shape index (κ3) is 3.22. The number of hydrogen-bond donors (Lipinski definition) is 0. The van der Waals surface area contributed by atoms with Crippen LogP contribution in [0.5, 0.6) is 0 Å². The quantitative estimate of drug-likeness (QED) is 0.698. The average Bonchev–Trinajstić information content (AvgIpc) is 2.47. The van der Waals surface area contributed by atoms with Crippen LogP contribution in [0.4, 0.5) is 0 Å². The maximum Gasteiger partial charge on any atom is 0.136 e. The first kappa shape index (κ1) is 10.9. The predicted molar refractivity (Wildman–Crippen MR) is 55.1 cm³/mol. The largest absolute Gasteiger partial charge is 0.299 e.